The number of benzene rings is 6. The number of nitrogens with zero attached hydrogens (tertiary/aromatic N) is 1. The van der Waals surface area contributed by atoms with Crippen molar-refractivity contribution >= 4 is 27.8 Å². The summed E-state index contributed by atoms with van der Waals surface area (Å²) in [4.78, 5) is 2.50. The van der Waals surface area contributed by atoms with Gasteiger partial charge in [-0.05, 0) is 110 Å². The van der Waals surface area contributed by atoms with Crippen molar-refractivity contribution in [2.24, 2.45) is 0 Å². The van der Waals surface area contributed by atoms with Gasteiger partial charge in [0.15, 0.2) is 0 Å². The van der Waals surface area contributed by atoms with E-state index in [4.69, 9.17) is 0 Å². The molecule has 0 spiro atoms. The lowest BCUT2D eigenvalue weighted by Crippen LogP contribution is -2.34. The Labute approximate surface area is 274 Å². The van der Waals surface area contributed by atoms with Crippen LogP contribution in [-0.4, -0.2) is 0 Å². The molecule has 1 nitrogen and oxygen atoms in total. The fourth-order valence-electron chi connectivity index (χ4n) is 8.41. The van der Waals surface area contributed by atoms with E-state index in [-0.39, 0.29) is 16.2 Å². The number of para-hydroxylation sites is 1. The first-order valence-corrected chi connectivity index (χ1v) is 16.8. The first-order valence-electron chi connectivity index (χ1n) is 16.8. The van der Waals surface area contributed by atoms with Crippen LogP contribution in [-0.2, 0) is 16.2 Å². The normalized spacial score (nSPS) is 16.8. The van der Waals surface area contributed by atoms with E-state index in [0.29, 0.717) is 0 Å². The zero-order chi connectivity index (χ0) is 31.8. The second-order valence-corrected chi connectivity index (χ2v) is 15.3. The Balaban J connectivity index is 1.49. The Morgan fingerprint density at radius 2 is 1.09 bits per heavy atom. The molecule has 6 aromatic carbocycles. The van der Waals surface area contributed by atoms with Crippen LogP contribution in [0.25, 0.3) is 33.0 Å². The first-order chi connectivity index (χ1) is 22.1. The number of fused-ring (bicyclic) bond motifs is 5. The highest BCUT2D eigenvalue weighted by Crippen LogP contribution is 2.56. The zero-order valence-electron chi connectivity index (χ0n) is 28.0. The summed E-state index contributed by atoms with van der Waals surface area (Å²) in [5.74, 6) is 0. The molecule has 46 heavy (non-hydrogen) atoms. The third-order valence-electron chi connectivity index (χ3n) is 11.1. The highest BCUT2D eigenvalue weighted by Gasteiger charge is 2.41. The Morgan fingerprint density at radius 3 is 1.89 bits per heavy atom. The second-order valence-electron chi connectivity index (χ2n) is 15.3. The molecule has 0 fully saturated rings. The van der Waals surface area contributed by atoms with E-state index in [1.807, 2.05) is 0 Å². The lowest BCUT2D eigenvalue weighted by molar-refractivity contribution is 0.333. The van der Waals surface area contributed by atoms with Crippen molar-refractivity contribution < 1.29 is 0 Å². The molecule has 0 aliphatic heterocycles. The van der Waals surface area contributed by atoms with Gasteiger partial charge in [-0.25, -0.2) is 0 Å². The first kappa shape index (κ1) is 28.8. The van der Waals surface area contributed by atoms with Gasteiger partial charge in [0.25, 0.3) is 0 Å². The number of anilines is 3. The third kappa shape index (κ3) is 4.36. The average molecular weight is 598 g/mol. The van der Waals surface area contributed by atoms with Gasteiger partial charge in [-0.1, -0.05) is 133 Å². The van der Waals surface area contributed by atoms with Gasteiger partial charge in [0.1, 0.15) is 0 Å². The predicted octanol–water partition coefficient (Wildman–Crippen LogP) is 12.6. The molecular weight excluding hydrogens is 555 g/mol. The summed E-state index contributed by atoms with van der Waals surface area (Å²) in [6.07, 6.45) is 2.37. The maximum Gasteiger partial charge on any atom is 0.0543 e. The van der Waals surface area contributed by atoms with E-state index in [2.05, 4.69) is 174 Å². The van der Waals surface area contributed by atoms with Crippen LogP contribution in [0.2, 0.25) is 0 Å². The second kappa shape index (κ2) is 10.2. The van der Waals surface area contributed by atoms with Crippen molar-refractivity contribution in [2.45, 2.75) is 70.6 Å². The standard InChI is InChI=1S/C45H43N/c1-43(2)25-26-44(3,4)42-35(20-14-22-39(42)43)37-28-36-34-19-12-13-21-38(34)45(5,6)40(36)29-41(37)46(32-17-8-7-9-18-32)33-24-23-30-15-10-11-16-31(30)27-33/h7-24,27-29H,25-26H2,1-6H3. The van der Waals surface area contributed by atoms with Crippen LogP contribution in [0.5, 0.6) is 0 Å². The molecule has 2 aliphatic carbocycles. The molecule has 0 radical (unpaired) electrons. The van der Waals surface area contributed by atoms with Gasteiger partial charge in [0.05, 0.1) is 5.69 Å². The van der Waals surface area contributed by atoms with Crippen LogP contribution in [0, 0.1) is 0 Å². The van der Waals surface area contributed by atoms with E-state index in [0.717, 1.165) is 5.69 Å². The third-order valence-corrected chi connectivity index (χ3v) is 11.1. The predicted molar refractivity (Wildman–Crippen MR) is 197 cm³/mol. The van der Waals surface area contributed by atoms with Gasteiger partial charge in [0, 0.05) is 22.4 Å². The topological polar surface area (TPSA) is 3.24 Å². The Hall–Kier alpha value is -4.62. The largest absolute Gasteiger partial charge is 0.310 e. The van der Waals surface area contributed by atoms with Crippen LogP contribution < -0.4 is 4.90 Å². The quantitative estimate of drug-likeness (QED) is 0.195. The van der Waals surface area contributed by atoms with Crippen molar-refractivity contribution in [1.29, 1.82) is 0 Å². The fraction of sp³-hybridized carbons (Fsp3) is 0.244. The fourth-order valence-corrected chi connectivity index (χ4v) is 8.41. The maximum absolute atomic E-state index is 2.53. The van der Waals surface area contributed by atoms with Crippen molar-refractivity contribution in [1.82, 2.24) is 0 Å². The van der Waals surface area contributed by atoms with E-state index in [1.54, 1.807) is 0 Å². The number of rotatable bonds is 4. The molecule has 228 valence electrons. The van der Waals surface area contributed by atoms with Gasteiger partial charge in [0.2, 0.25) is 0 Å². The van der Waals surface area contributed by atoms with Gasteiger partial charge < -0.3 is 4.90 Å². The minimum absolute atomic E-state index is 0.0649. The molecule has 0 atom stereocenters. The SMILES string of the molecule is CC1(C)CCC(C)(C)c2c(-c3cc4c(cc3N(c3ccccc3)c3ccc5ccccc5c3)C(C)(C)c3ccccc3-4)cccc21. The molecule has 0 N–H and O–H groups in total. The minimum atomic E-state index is -0.109. The van der Waals surface area contributed by atoms with Crippen molar-refractivity contribution in [2.75, 3.05) is 4.90 Å². The Kier molecular flexibility index (Phi) is 6.39. The molecule has 0 amide bonds. The van der Waals surface area contributed by atoms with Crippen molar-refractivity contribution in [3.63, 3.8) is 0 Å². The molecule has 0 heterocycles. The molecule has 0 aromatic heterocycles. The van der Waals surface area contributed by atoms with Crippen LogP contribution in [0.15, 0.2) is 127 Å². The highest BCUT2D eigenvalue weighted by atomic mass is 15.1. The van der Waals surface area contributed by atoms with Crippen LogP contribution in [0.1, 0.15) is 76.6 Å². The van der Waals surface area contributed by atoms with E-state index >= 15 is 0 Å². The van der Waals surface area contributed by atoms with E-state index < -0.39 is 0 Å². The average Bonchev–Trinajstić information content (AvgIpc) is 3.29. The van der Waals surface area contributed by atoms with Gasteiger partial charge in [-0.2, -0.15) is 0 Å². The van der Waals surface area contributed by atoms with Crippen molar-refractivity contribution in [3.8, 4) is 22.3 Å². The molecule has 1 heteroatoms. The van der Waals surface area contributed by atoms with Gasteiger partial charge in [-0.15, -0.1) is 0 Å². The summed E-state index contributed by atoms with van der Waals surface area (Å²) in [6.45, 7) is 14.5. The Morgan fingerprint density at radius 1 is 0.435 bits per heavy atom. The summed E-state index contributed by atoms with van der Waals surface area (Å²) in [5, 5.41) is 2.50. The van der Waals surface area contributed by atoms with Crippen LogP contribution in [0.3, 0.4) is 0 Å². The van der Waals surface area contributed by atoms with Gasteiger partial charge >= 0.3 is 0 Å². The Bertz CT molecular complexity index is 2130. The molecule has 0 saturated heterocycles. The van der Waals surface area contributed by atoms with Crippen molar-refractivity contribution in [3.05, 3.63) is 150 Å². The molecule has 0 unspecified atom stereocenters. The number of hydrogen-bond acceptors (Lipinski definition) is 1. The summed E-state index contributed by atoms with van der Waals surface area (Å²) < 4.78 is 0. The van der Waals surface area contributed by atoms with E-state index in [1.165, 1.54) is 79.5 Å². The molecule has 0 bridgehead atoms. The number of hydrogen-bond donors (Lipinski definition) is 0. The molecule has 2 aliphatic rings. The summed E-state index contributed by atoms with van der Waals surface area (Å²) in [6, 6.07) is 47.7. The monoisotopic (exact) mass is 597 g/mol. The van der Waals surface area contributed by atoms with Crippen LogP contribution >= 0.6 is 0 Å². The van der Waals surface area contributed by atoms with Gasteiger partial charge in [-0.3, -0.25) is 0 Å². The lowest BCUT2D eigenvalue weighted by Gasteiger charge is -2.43. The maximum atomic E-state index is 2.53. The zero-order valence-corrected chi connectivity index (χ0v) is 28.0. The summed E-state index contributed by atoms with van der Waals surface area (Å²) in [5.41, 5.74) is 14.8. The summed E-state index contributed by atoms with van der Waals surface area (Å²) >= 11 is 0. The molecule has 0 saturated carbocycles. The van der Waals surface area contributed by atoms with Crippen LogP contribution in [0.4, 0.5) is 17.1 Å². The lowest BCUT2D eigenvalue weighted by atomic mass is 9.61. The summed E-state index contributed by atoms with van der Waals surface area (Å²) in [7, 11) is 0. The molecular formula is C45H43N. The smallest absolute Gasteiger partial charge is 0.0543 e. The minimum Gasteiger partial charge on any atom is -0.310 e. The molecule has 8 rings (SSSR count). The highest BCUT2D eigenvalue weighted by molar-refractivity contribution is 5.97. The molecule has 6 aromatic rings. The van der Waals surface area contributed by atoms with E-state index in [9.17, 15) is 0 Å².